The van der Waals surface area contributed by atoms with Crippen LogP contribution in [0.5, 0.6) is 0 Å². The number of carbonyl (C=O) groups excluding carboxylic acids is 3. The van der Waals surface area contributed by atoms with Crippen LogP contribution in [0, 0.1) is 29.1 Å². The van der Waals surface area contributed by atoms with Gasteiger partial charge in [-0.1, -0.05) is 32.9 Å². The predicted molar refractivity (Wildman–Crippen MR) is 112 cm³/mol. The van der Waals surface area contributed by atoms with Gasteiger partial charge in [0.1, 0.15) is 17.8 Å². The molecule has 8 heteroatoms. The van der Waals surface area contributed by atoms with Gasteiger partial charge in [-0.2, -0.15) is 0 Å². The summed E-state index contributed by atoms with van der Waals surface area (Å²) in [6.45, 7) is 9.43. The van der Waals surface area contributed by atoms with E-state index >= 15 is 0 Å². The number of ketones is 1. The molecule has 0 spiro atoms. The van der Waals surface area contributed by atoms with E-state index in [1.807, 2.05) is 13.8 Å². The summed E-state index contributed by atoms with van der Waals surface area (Å²) < 4.78 is 10.9. The fraction of sp³-hybridized carbons (Fsp3) is 0.708. The summed E-state index contributed by atoms with van der Waals surface area (Å²) in [5.74, 6) is -4.45. The maximum absolute atomic E-state index is 13.0. The molecule has 4 aliphatic rings. The second kappa shape index (κ2) is 6.74. The fourth-order valence-electron chi connectivity index (χ4n) is 7.09. The normalized spacial score (nSPS) is 46.0. The monoisotopic (exact) mass is 448 g/mol. The van der Waals surface area contributed by atoms with Gasteiger partial charge >= 0.3 is 11.9 Å². The molecule has 0 amide bonds. The van der Waals surface area contributed by atoms with Crippen molar-refractivity contribution in [3.63, 3.8) is 0 Å². The fourth-order valence-corrected chi connectivity index (χ4v) is 7.09. The third-order valence-electron chi connectivity index (χ3n) is 8.56. The van der Waals surface area contributed by atoms with E-state index in [0.717, 1.165) is 0 Å². The molecule has 0 radical (unpaired) electrons. The average molecular weight is 449 g/mol. The number of ether oxygens (including phenoxy) is 2. The number of fused-ring (bicyclic) bond motifs is 5. The van der Waals surface area contributed by atoms with Gasteiger partial charge in [-0.25, -0.2) is 0 Å². The van der Waals surface area contributed by atoms with Crippen molar-refractivity contribution in [2.75, 3.05) is 6.61 Å². The first-order chi connectivity index (χ1) is 14.7. The molecule has 4 rings (SSSR count). The van der Waals surface area contributed by atoms with Gasteiger partial charge in [0, 0.05) is 49.4 Å². The van der Waals surface area contributed by atoms with E-state index < -0.39 is 69.7 Å². The Morgan fingerprint density at radius 3 is 2.34 bits per heavy atom. The molecule has 8 nitrogen and oxygen atoms in total. The Morgan fingerprint density at radius 2 is 1.78 bits per heavy atom. The number of hydrogen-bond acceptors (Lipinski definition) is 8. The zero-order valence-corrected chi connectivity index (χ0v) is 19.3. The van der Waals surface area contributed by atoms with Crippen LogP contribution in [-0.2, 0) is 23.9 Å². The van der Waals surface area contributed by atoms with Gasteiger partial charge in [0.2, 0.25) is 0 Å². The Balaban J connectivity index is 1.91. The van der Waals surface area contributed by atoms with Crippen LogP contribution in [0.3, 0.4) is 0 Å². The molecule has 32 heavy (non-hydrogen) atoms. The first-order valence-corrected chi connectivity index (χ1v) is 11.0. The minimum Gasteiger partial charge on any atom is -0.461 e. The molecule has 0 aromatic carbocycles. The lowest BCUT2D eigenvalue weighted by molar-refractivity contribution is -0.218. The summed E-state index contributed by atoms with van der Waals surface area (Å²) in [7, 11) is 0. The van der Waals surface area contributed by atoms with Crippen molar-refractivity contribution in [3.05, 3.63) is 23.3 Å². The molecule has 0 unspecified atom stereocenters. The molecule has 4 aliphatic carbocycles. The van der Waals surface area contributed by atoms with Gasteiger partial charge in [0.25, 0.3) is 0 Å². The van der Waals surface area contributed by atoms with Crippen molar-refractivity contribution in [1.82, 2.24) is 0 Å². The summed E-state index contributed by atoms with van der Waals surface area (Å²) in [5, 5.41) is 35.2. The van der Waals surface area contributed by atoms with Crippen LogP contribution in [0.2, 0.25) is 0 Å². The van der Waals surface area contributed by atoms with Gasteiger partial charge in [0.15, 0.2) is 5.78 Å². The van der Waals surface area contributed by atoms with Crippen LogP contribution < -0.4 is 0 Å². The maximum Gasteiger partial charge on any atom is 0.303 e. The van der Waals surface area contributed by atoms with Crippen LogP contribution in [0.4, 0.5) is 0 Å². The van der Waals surface area contributed by atoms with E-state index in [-0.39, 0.29) is 13.0 Å². The Labute approximate surface area is 187 Å². The molecular formula is C24H32O8. The van der Waals surface area contributed by atoms with E-state index in [1.54, 1.807) is 26.0 Å². The molecule has 0 saturated heterocycles. The summed E-state index contributed by atoms with van der Waals surface area (Å²) in [4.78, 5) is 36.5. The number of rotatable bonds is 3. The second-order valence-corrected chi connectivity index (χ2v) is 10.6. The largest absolute Gasteiger partial charge is 0.461 e. The van der Waals surface area contributed by atoms with Crippen LogP contribution >= 0.6 is 0 Å². The summed E-state index contributed by atoms with van der Waals surface area (Å²) in [6, 6.07) is 0. The van der Waals surface area contributed by atoms with Crippen LogP contribution in [0.15, 0.2) is 23.3 Å². The molecule has 0 aliphatic heterocycles. The Kier molecular flexibility index (Phi) is 4.88. The van der Waals surface area contributed by atoms with Crippen LogP contribution in [0.25, 0.3) is 0 Å². The Hall–Kier alpha value is -2.03. The first-order valence-electron chi connectivity index (χ1n) is 11.0. The van der Waals surface area contributed by atoms with E-state index in [4.69, 9.17) is 9.47 Å². The number of hydrogen-bond donors (Lipinski definition) is 3. The highest BCUT2D eigenvalue weighted by atomic mass is 16.6. The lowest BCUT2D eigenvalue weighted by atomic mass is 9.59. The number of aliphatic hydroxyl groups is 3. The van der Waals surface area contributed by atoms with Gasteiger partial charge in [-0.05, 0) is 18.1 Å². The molecule has 0 heterocycles. The predicted octanol–water partition coefficient (Wildman–Crippen LogP) is 1.07. The molecular weight excluding hydrogens is 416 g/mol. The van der Waals surface area contributed by atoms with E-state index in [9.17, 15) is 29.7 Å². The zero-order valence-electron chi connectivity index (χ0n) is 19.3. The number of aliphatic hydroxyl groups excluding tert-OH is 1. The van der Waals surface area contributed by atoms with Crippen molar-refractivity contribution in [1.29, 1.82) is 0 Å². The van der Waals surface area contributed by atoms with Crippen molar-refractivity contribution in [2.24, 2.45) is 29.1 Å². The summed E-state index contributed by atoms with van der Waals surface area (Å²) >= 11 is 0. The van der Waals surface area contributed by atoms with E-state index in [2.05, 4.69) is 0 Å². The molecule has 0 aromatic heterocycles. The molecule has 0 bridgehead atoms. The van der Waals surface area contributed by atoms with Crippen molar-refractivity contribution in [2.45, 2.75) is 70.9 Å². The second-order valence-electron chi connectivity index (χ2n) is 10.6. The molecule has 0 aromatic rings. The van der Waals surface area contributed by atoms with Crippen LogP contribution in [-0.4, -0.2) is 62.6 Å². The van der Waals surface area contributed by atoms with E-state index in [0.29, 0.717) is 11.1 Å². The highest BCUT2D eigenvalue weighted by Gasteiger charge is 2.86. The standard InChI is InChI=1S/C24H32O8/c1-11-7-17-22(29,19(11)27)9-15(10-31-13(3)25)8-16-18-21(5,6)24(18,32-14(4)26)20(28)12(2)23(16,17)30/h7-8,12,16-18,20,28-30H,9-10H2,1-6H3/t12-,16+,17-,18-,20-,22-,23-,24-/m0/s1. The molecule has 3 N–H and O–H groups in total. The topological polar surface area (TPSA) is 130 Å². The van der Waals surface area contributed by atoms with Crippen LogP contribution in [0.1, 0.15) is 48.0 Å². The highest BCUT2D eigenvalue weighted by molar-refractivity contribution is 6.04. The number of Topliss-reactive ketones (excluding diaryl/α,β-unsaturated/α-hetero) is 1. The molecule has 8 atom stereocenters. The summed E-state index contributed by atoms with van der Waals surface area (Å²) in [6.07, 6.45) is 2.04. The molecule has 176 valence electrons. The van der Waals surface area contributed by atoms with Crippen molar-refractivity contribution >= 4 is 17.7 Å². The number of carbonyl (C=O) groups is 3. The lowest BCUT2D eigenvalue weighted by Gasteiger charge is -2.52. The van der Waals surface area contributed by atoms with Gasteiger partial charge in [0.05, 0.1) is 11.7 Å². The number of esters is 2. The molecule has 2 fully saturated rings. The van der Waals surface area contributed by atoms with Gasteiger partial charge in [-0.15, -0.1) is 0 Å². The van der Waals surface area contributed by atoms with Gasteiger partial charge in [-0.3, -0.25) is 14.4 Å². The average Bonchev–Trinajstić information content (AvgIpc) is 3.11. The smallest absolute Gasteiger partial charge is 0.303 e. The Bertz CT molecular complexity index is 963. The van der Waals surface area contributed by atoms with Gasteiger partial charge < -0.3 is 24.8 Å². The van der Waals surface area contributed by atoms with Crippen molar-refractivity contribution < 1.29 is 39.2 Å². The minimum absolute atomic E-state index is 0.104. The van der Waals surface area contributed by atoms with Crippen molar-refractivity contribution in [3.8, 4) is 0 Å². The lowest BCUT2D eigenvalue weighted by Crippen LogP contribution is -2.65. The molecule has 2 saturated carbocycles. The van der Waals surface area contributed by atoms with E-state index in [1.165, 1.54) is 13.8 Å². The Morgan fingerprint density at radius 1 is 1.16 bits per heavy atom. The SMILES string of the molecule is CC(=O)OCC1=C[C@@H]2[C@H]3C(C)(C)[C@@]3(OC(C)=O)[C@@H](O)[C@H](C)[C@@]2(O)[C@H]2C=C(C)C(=O)[C@]2(O)C1. The third kappa shape index (κ3) is 2.63. The summed E-state index contributed by atoms with van der Waals surface area (Å²) in [5.41, 5.74) is -4.65. The maximum atomic E-state index is 13.0. The highest BCUT2D eigenvalue weighted by Crippen LogP contribution is 2.76. The quantitative estimate of drug-likeness (QED) is 0.432. The first kappa shape index (κ1) is 23.1. The minimum atomic E-state index is -1.92. The third-order valence-corrected chi connectivity index (χ3v) is 8.56. The zero-order chi connectivity index (χ0) is 24.0.